The highest BCUT2D eigenvalue weighted by molar-refractivity contribution is 14.0. The van der Waals surface area contributed by atoms with Crippen LogP contribution >= 0.6 is 35.6 Å². The van der Waals surface area contributed by atoms with Crippen LogP contribution in [0.5, 0.6) is 5.75 Å². The molecule has 1 aromatic carbocycles. The number of benzene rings is 1. The molecule has 0 bridgehead atoms. The van der Waals surface area contributed by atoms with Gasteiger partial charge < -0.3 is 15.0 Å². The highest BCUT2D eigenvalue weighted by Crippen LogP contribution is 2.16. The fraction of sp³-hybridized carbons (Fsp3) is 0.381. The summed E-state index contributed by atoms with van der Waals surface area (Å²) in [7, 11) is 2.01. The number of likely N-dealkylation sites (N-methyl/N-ethyl adjacent to an activating group) is 1. The summed E-state index contributed by atoms with van der Waals surface area (Å²) in [5, 5.41) is 12.5. The average molecular weight is 543 g/mol. The van der Waals surface area contributed by atoms with E-state index in [0.29, 0.717) is 24.7 Å². The van der Waals surface area contributed by atoms with E-state index in [0.717, 1.165) is 42.6 Å². The van der Waals surface area contributed by atoms with Gasteiger partial charge in [0.1, 0.15) is 18.2 Å². The minimum atomic E-state index is 0. The Kier molecular flexibility index (Phi) is 10.2. The number of ether oxygens (including phenoxy) is 1. The van der Waals surface area contributed by atoms with Crippen LogP contribution in [-0.2, 0) is 6.42 Å². The van der Waals surface area contributed by atoms with Gasteiger partial charge in [-0.05, 0) is 43.7 Å². The zero-order valence-electron chi connectivity index (χ0n) is 17.3. The third kappa shape index (κ3) is 7.02. The Hall–Kier alpha value is -2.07. The number of rotatable bonds is 9. The molecule has 0 saturated heterocycles. The summed E-state index contributed by atoms with van der Waals surface area (Å²) in [6.45, 7) is 4.85. The van der Waals surface area contributed by atoms with E-state index >= 15 is 0 Å². The van der Waals surface area contributed by atoms with Gasteiger partial charge in [0.2, 0.25) is 0 Å². The molecule has 3 rings (SSSR count). The molecule has 0 amide bonds. The van der Waals surface area contributed by atoms with Crippen molar-refractivity contribution in [3.8, 4) is 5.75 Å². The van der Waals surface area contributed by atoms with Crippen molar-refractivity contribution in [2.45, 2.75) is 19.8 Å². The average Bonchev–Trinajstić information content (AvgIpc) is 3.13. The number of hydrogen-bond acceptors (Lipinski definition) is 4. The molecule has 2 aromatic heterocycles. The normalized spacial score (nSPS) is 11.2. The minimum Gasteiger partial charge on any atom is -0.492 e. The first kappa shape index (κ1) is 24.2. The number of pyridine rings is 1. The van der Waals surface area contributed by atoms with E-state index in [-0.39, 0.29) is 24.0 Å². The summed E-state index contributed by atoms with van der Waals surface area (Å²) in [5.74, 6) is 2.60. The van der Waals surface area contributed by atoms with Crippen molar-refractivity contribution in [1.29, 1.82) is 0 Å². The second-order valence-corrected chi connectivity index (χ2v) is 7.05. The Bertz CT molecular complexity index is 948. The maximum absolute atomic E-state index is 5.99. The van der Waals surface area contributed by atoms with Crippen LogP contribution in [0.1, 0.15) is 19.2 Å². The van der Waals surface area contributed by atoms with Crippen LogP contribution in [0.3, 0.4) is 0 Å². The second-order valence-electron chi connectivity index (χ2n) is 6.61. The van der Waals surface area contributed by atoms with Crippen molar-refractivity contribution in [1.82, 2.24) is 24.8 Å². The monoisotopic (exact) mass is 542 g/mol. The van der Waals surface area contributed by atoms with Crippen molar-refractivity contribution in [3.05, 3.63) is 59.5 Å². The molecule has 0 aliphatic rings. The Morgan fingerprint density at radius 2 is 2.10 bits per heavy atom. The first-order valence-electron chi connectivity index (χ1n) is 9.84. The molecule has 3 aromatic rings. The van der Waals surface area contributed by atoms with E-state index in [2.05, 4.69) is 27.3 Å². The van der Waals surface area contributed by atoms with Gasteiger partial charge in [-0.25, -0.2) is 0 Å². The van der Waals surface area contributed by atoms with Crippen molar-refractivity contribution < 1.29 is 4.74 Å². The number of aliphatic imine (C=N–C) groups is 1. The molecule has 2 heterocycles. The Morgan fingerprint density at radius 3 is 2.90 bits per heavy atom. The van der Waals surface area contributed by atoms with Crippen molar-refractivity contribution in [2.75, 3.05) is 33.3 Å². The molecule has 0 saturated carbocycles. The fourth-order valence-corrected chi connectivity index (χ4v) is 3.10. The van der Waals surface area contributed by atoms with Crippen LogP contribution < -0.4 is 10.1 Å². The molecule has 0 aliphatic heterocycles. The molecule has 162 valence electrons. The molecule has 1 N–H and O–H groups in total. The highest BCUT2D eigenvalue weighted by atomic mass is 127. The minimum absolute atomic E-state index is 0. The number of halogens is 2. The highest BCUT2D eigenvalue weighted by Gasteiger charge is 2.07. The van der Waals surface area contributed by atoms with E-state index in [1.807, 2.05) is 60.1 Å². The first-order valence-corrected chi connectivity index (χ1v) is 10.2. The van der Waals surface area contributed by atoms with Gasteiger partial charge in [0.05, 0.1) is 6.54 Å². The van der Waals surface area contributed by atoms with E-state index < -0.39 is 0 Å². The summed E-state index contributed by atoms with van der Waals surface area (Å²) in [4.78, 5) is 6.80. The zero-order valence-corrected chi connectivity index (χ0v) is 20.4. The maximum Gasteiger partial charge on any atom is 0.193 e. The Morgan fingerprint density at radius 1 is 1.23 bits per heavy atom. The number of fused-ring (bicyclic) bond motifs is 1. The molecule has 0 spiro atoms. The lowest BCUT2D eigenvalue weighted by molar-refractivity contribution is 0.281. The standard InChI is InChI=1S/C21H27ClN6O.HI/c1-3-23-21(27(2)14-15-29-18-9-6-8-17(22)16-18)24-12-7-11-20-26-25-19-10-4-5-13-28(19)20;/h4-6,8-10,13,16H,3,7,11-12,14-15H2,1-2H3,(H,23,24);1H. The topological polar surface area (TPSA) is 67.0 Å². The number of nitrogens with one attached hydrogen (secondary N) is 1. The van der Waals surface area contributed by atoms with Crippen molar-refractivity contribution in [2.24, 2.45) is 4.99 Å². The SMILES string of the molecule is CCNC(=NCCCc1nnc2ccccn12)N(C)CCOc1cccc(Cl)c1.I. The molecule has 7 nitrogen and oxygen atoms in total. The van der Waals surface area contributed by atoms with Gasteiger partial charge >= 0.3 is 0 Å². The molecule has 0 fully saturated rings. The van der Waals surface area contributed by atoms with Gasteiger partial charge in [-0.2, -0.15) is 0 Å². The lowest BCUT2D eigenvalue weighted by Crippen LogP contribution is -2.41. The van der Waals surface area contributed by atoms with Gasteiger partial charge in [-0.3, -0.25) is 9.39 Å². The summed E-state index contributed by atoms with van der Waals surface area (Å²) in [5.41, 5.74) is 0.874. The van der Waals surface area contributed by atoms with Crippen molar-refractivity contribution in [3.63, 3.8) is 0 Å². The molecule has 0 atom stereocenters. The lowest BCUT2D eigenvalue weighted by atomic mass is 10.3. The third-order valence-corrected chi connectivity index (χ3v) is 4.63. The van der Waals surface area contributed by atoms with Crippen LogP contribution in [0.2, 0.25) is 5.02 Å². The van der Waals surface area contributed by atoms with Gasteiger partial charge in [0, 0.05) is 37.8 Å². The Labute approximate surface area is 199 Å². The van der Waals surface area contributed by atoms with E-state index in [4.69, 9.17) is 21.3 Å². The predicted molar refractivity (Wildman–Crippen MR) is 132 cm³/mol. The summed E-state index contributed by atoms with van der Waals surface area (Å²) >= 11 is 5.99. The smallest absolute Gasteiger partial charge is 0.193 e. The molecule has 30 heavy (non-hydrogen) atoms. The predicted octanol–water partition coefficient (Wildman–Crippen LogP) is 3.91. The van der Waals surface area contributed by atoms with Crippen molar-refractivity contribution >= 4 is 47.2 Å². The van der Waals surface area contributed by atoms with Gasteiger partial charge in [-0.15, -0.1) is 34.2 Å². The number of guanidine groups is 1. The molecule has 0 aliphatic carbocycles. The zero-order chi connectivity index (χ0) is 20.5. The number of hydrogen-bond donors (Lipinski definition) is 1. The molecule has 0 unspecified atom stereocenters. The van der Waals surface area contributed by atoms with E-state index in [9.17, 15) is 0 Å². The van der Waals surface area contributed by atoms with Crippen LogP contribution in [0.4, 0.5) is 0 Å². The van der Waals surface area contributed by atoms with Gasteiger partial charge in [0.25, 0.3) is 0 Å². The van der Waals surface area contributed by atoms with Crippen LogP contribution in [-0.4, -0.2) is 58.7 Å². The summed E-state index contributed by atoms with van der Waals surface area (Å²) < 4.78 is 7.80. The fourth-order valence-electron chi connectivity index (χ4n) is 2.92. The van der Waals surface area contributed by atoms with Crippen LogP contribution in [0, 0.1) is 0 Å². The largest absolute Gasteiger partial charge is 0.492 e. The summed E-state index contributed by atoms with van der Waals surface area (Å²) in [6.07, 6.45) is 3.72. The first-order chi connectivity index (χ1) is 14.2. The van der Waals surface area contributed by atoms with E-state index in [1.54, 1.807) is 0 Å². The second kappa shape index (κ2) is 12.6. The number of nitrogens with zero attached hydrogens (tertiary/aromatic N) is 5. The number of aromatic nitrogens is 3. The lowest BCUT2D eigenvalue weighted by Gasteiger charge is -2.22. The summed E-state index contributed by atoms with van der Waals surface area (Å²) in [6, 6.07) is 13.3. The molecular formula is C21H28ClIN6O. The maximum atomic E-state index is 5.99. The number of aryl methyl sites for hydroxylation is 1. The quantitative estimate of drug-likeness (QED) is 0.192. The molecular weight excluding hydrogens is 515 g/mol. The van der Waals surface area contributed by atoms with Gasteiger partial charge in [0.15, 0.2) is 11.6 Å². The molecule has 9 heteroatoms. The Balaban J connectivity index is 0.00000320. The third-order valence-electron chi connectivity index (χ3n) is 4.39. The van der Waals surface area contributed by atoms with Crippen LogP contribution in [0.15, 0.2) is 53.7 Å². The van der Waals surface area contributed by atoms with E-state index in [1.165, 1.54) is 0 Å². The molecule has 0 radical (unpaired) electrons. The van der Waals surface area contributed by atoms with Gasteiger partial charge in [-0.1, -0.05) is 23.7 Å². The van der Waals surface area contributed by atoms with Crippen LogP contribution in [0.25, 0.3) is 5.65 Å².